The smallest absolute Gasteiger partial charge is 0.323 e. The zero-order valence-corrected chi connectivity index (χ0v) is 10.6. The number of halogens is 1. The number of carboxylic acid groups (broad SMARTS) is 1. The molecule has 0 saturated carbocycles. The number of aliphatic carboxylic acids is 1. The molecule has 0 aliphatic heterocycles. The SMILES string of the molecule is Cl.Nc1cnc(-c2ccccc2)n(CC(=O)O)c1=O. The Kier molecular flexibility index (Phi) is 4.66. The second-order valence-electron chi connectivity index (χ2n) is 3.69. The molecule has 3 N–H and O–H groups in total. The fourth-order valence-corrected chi connectivity index (χ4v) is 1.61. The number of nitrogens with two attached hydrogens (primary N) is 1. The third-order valence-corrected chi connectivity index (χ3v) is 2.40. The number of hydrogen-bond donors (Lipinski definition) is 2. The van der Waals surface area contributed by atoms with E-state index in [0.717, 1.165) is 4.57 Å². The van der Waals surface area contributed by atoms with Gasteiger partial charge in [-0.1, -0.05) is 30.3 Å². The van der Waals surface area contributed by atoms with Crippen LogP contribution in [0, 0.1) is 0 Å². The summed E-state index contributed by atoms with van der Waals surface area (Å²) in [4.78, 5) is 26.7. The summed E-state index contributed by atoms with van der Waals surface area (Å²) >= 11 is 0. The van der Waals surface area contributed by atoms with Crippen LogP contribution in [0.25, 0.3) is 11.4 Å². The molecule has 0 aliphatic rings. The third-order valence-electron chi connectivity index (χ3n) is 2.40. The first-order chi connectivity index (χ1) is 8.59. The molecule has 0 atom stereocenters. The number of nitrogen functional groups attached to an aromatic ring is 1. The Morgan fingerprint density at radius 2 is 1.95 bits per heavy atom. The van der Waals surface area contributed by atoms with Gasteiger partial charge in [0.25, 0.3) is 5.56 Å². The number of anilines is 1. The quantitative estimate of drug-likeness (QED) is 0.874. The van der Waals surface area contributed by atoms with Crippen molar-refractivity contribution in [1.82, 2.24) is 9.55 Å². The summed E-state index contributed by atoms with van der Waals surface area (Å²) in [5, 5.41) is 8.83. The van der Waals surface area contributed by atoms with Gasteiger partial charge in [0.1, 0.15) is 18.1 Å². The zero-order chi connectivity index (χ0) is 13.1. The molecule has 1 aromatic heterocycles. The van der Waals surface area contributed by atoms with Crippen molar-refractivity contribution in [2.24, 2.45) is 0 Å². The molecule has 19 heavy (non-hydrogen) atoms. The molecular formula is C12H12ClN3O3. The van der Waals surface area contributed by atoms with Gasteiger partial charge < -0.3 is 10.8 Å². The standard InChI is InChI=1S/C12H11N3O3.ClH/c13-9-6-14-11(8-4-2-1-3-5-8)15(12(9)18)7-10(16)17;/h1-6H,7,13H2,(H,16,17);1H. The Labute approximate surface area is 114 Å². The van der Waals surface area contributed by atoms with Gasteiger partial charge in [-0.25, -0.2) is 4.98 Å². The molecule has 1 aromatic carbocycles. The van der Waals surface area contributed by atoms with Gasteiger partial charge in [0.05, 0.1) is 6.20 Å². The molecule has 0 saturated heterocycles. The van der Waals surface area contributed by atoms with Crippen LogP contribution in [0.3, 0.4) is 0 Å². The summed E-state index contributed by atoms with van der Waals surface area (Å²) in [5.74, 6) is -0.834. The van der Waals surface area contributed by atoms with Gasteiger partial charge in [0, 0.05) is 5.56 Å². The Hall–Kier alpha value is -2.34. The fraction of sp³-hybridized carbons (Fsp3) is 0.0833. The number of carbonyl (C=O) groups is 1. The van der Waals surface area contributed by atoms with E-state index in [1.807, 2.05) is 6.07 Å². The predicted octanol–water partition coefficient (Wildman–Crippen LogP) is 0.999. The van der Waals surface area contributed by atoms with Crippen LogP contribution < -0.4 is 11.3 Å². The molecule has 2 aromatic rings. The van der Waals surface area contributed by atoms with Gasteiger partial charge >= 0.3 is 5.97 Å². The third kappa shape index (κ3) is 3.11. The molecule has 0 amide bonds. The predicted molar refractivity (Wildman–Crippen MR) is 73.2 cm³/mol. The van der Waals surface area contributed by atoms with E-state index in [-0.39, 0.29) is 23.9 Å². The molecule has 6 nitrogen and oxygen atoms in total. The molecule has 0 spiro atoms. The minimum absolute atomic E-state index is 0. The van der Waals surface area contributed by atoms with Crippen LogP contribution in [-0.4, -0.2) is 20.6 Å². The van der Waals surface area contributed by atoms with Gasteiger partial charge in [-0.3, -0.25) is 14.2 Å². The van der Waals surface area contributed by atoms with Gasteiger partial charge in [-0.05, 0) is 0 Å². The van der Waals surface area contributed by atoms with E-state index < -0.39 is 18.1 Å². The van der Waals surface area contributed by atoms with Crippen LogP contribution in [0.4, 0.5) is 5.69 Å². The van der Waals surface area contributed by atoms with Crippen LogP contribution in [0.15, 0.2) is 41.3 Å². The number of rotatable bonds is 3. The average Bonchev–Trinajstić information content (AvgIpc) is 2.36. The maximum atomic E-state index is 11.8. The van der Waals surface area contributed by atoms with E-state index in [1.165, 1.54) is 6.20 Å². The summed E-state index contributed by atoms with van der Waals surface area (Å²) in [6.07, 6.45) is 1.24. The molecule has 0 fully saturated rings. The van der Waals surface area contributed by atoms with Crippen molar-refractivity contribution in [2.75, 3.05) is 5.73 Å². The van der Waals surface area contributed by atoms with Crippen molar-refractivity contribution in [3.63, 3.8) is 0 Å². The highest BCUT2D eigenvalue weighted by Gasteiger charge is 2.12. The van der Waals surface area contributed by atoms with Gasteiger partial charge in [-0.2, -0.15) is 0 Å². The normalized spacial score (nSPS) is 9.68. The summed E-state index contributed by atoms with van der Waals surface area (Å²) in [5.41, 5.74) is 5.49. The highest BCUT2D eigenvalue weighted by Crippen LogP contribution is 2.15. The number of hydrogen-bond acceptors (Lipinski definition) is 4. The fourth-order valence-electron chi connectivity index (χ4n) is 1.61. The lowest BCUT2D eigenvalue weighted by atomic mass is 10.2. The van der Waals surface area contributed by atoms with E-state index >= 15 is 0 Å². The number of carboxylic acids is 1. The molecule has 0 aliphatic carbocycles. The Morgan fingerprint density at radius 3 is 2.53 bits per heavy atom. The lowest BCUT2D eigenvalue weighted by molar-refractivity contribution is -0.137. The summed E-state index contributed by atoms with van der Waals surface area (Å²) in [6, 6.07) is 8.87. The molecule has 100 valence electrons. The van der Waals surface area contributed by atoms with E-state index in [9.17, 15) is 9.59 Å². The number of benzene rings is 1. The van der Waals surface area contributed by atoms with Crippen LogP contribution in [0.1, 0.15) is 0 Å². The van der Waals surface area contributed by atoms with Gasteiger partial charge in [-0.15, -0.1) is 12.4 Å². The maximum absolute atomic E-state index is 11.8. The molecule has 1 heterocycles. The van der Waals surface area contributed by atoms with Crippen molar-refractivity contribution in [1.29, 1.82) is 0 Å². The minimum Gasteiger partial charge on any atom is -0.480 e. The van der Waals surface area contributed by atoms with E-state index in [1.54, 1.807) is 24.3 Å². The van der Waals surface area contributed by atoms with E-state index in [2.05, 4.69) is 4.98 Å². The van der Waals surface area contributed by atoms with Crippen LogP contribution in [0.5, 0.6) is 0 Å². The number of nitrogens with zero attached hydrogens (tertiary/aromatic N) is 2. The second kappa shape index (κ2) is 6.01. The first-order valence-corrected chi connectivity index (χ1v) is 5.22. The van der Waals surface area contributed by atoms with Crippen LogP contribution in [-0.2, 0) is 11.3 Å². The molecule has 2 rings (SSSR count). The number of aromatic nitrogens is 2. The van der Waals surface area contributed by atoms with Crippen molar-refractivity contribution < 1.29 is 9.90 Å². The van der Waals surface area contributed by atoms with Crippen LogP contribution in [0.2, 0.25) is 0 Å². The molecule has 0 bridgehead atoms. The Morgan fingerprint density at radius 1 is 1.32 bits per heavy atom. The Balaban J connectivity index is 0.00000180. The first-order valence-electron chi connectivity index (χ1n) is 5.22. The Bertz CT molecular complexity index is 640. The largest absolute Gasteiger partial charge is 0.480 e. The average molecular weight is 282 g/mol. The molecule has 0 unspecified atom stereocenters. The maximum Gasteiger partial charge on any atom is 0.323 e. The second-order valence-corrected chi connectivity index (χ2v) is 3.69. The lowest BCUT2D eigenvalue weighted by Gasteiger charge is -2.10. The minimum atomic E-state index is -1.12. The lowest BCUT2D eigenvalue weighted by Crippen LogP contribution is -2.28. The van der Waals surface area contributed by atoms with Gasteiger partial charge in [0.2, 0.25) is 0 Å². The first kappa shape index (κ1) is 14.7. The highest BCUT2D eigenvalue weighted by atomic mass is 35.5. The van der Waals surface area contributed by atoms with Crippen molar-refractivity contribution in [3.8, 4) is 11.4 Å². The zero-order valence-electron chi connectivity index (χ0n) is 9.81. The van der Waals surface area contributed by atoms with Crippen LogP contribution >= 0.6 is 12.4 Å². The van der Waals surface area contributed by atoms with Gasteiger partial charge in [0.15, 0.2) is 0 Å². The molecular weight excluding hydrogens is 270 g/mol. The topological polar surface area (TPSA) is 98.2 Å². The van der Waals surface area contributed by atoms with E-state index in [0.29, 0.717) is 5.56 Å². The van der Waals surface area contributed by atoms with Crippen molar-refractivity contribution >= 4 is 24.1 Å². The molecule has 0 radical (unpaired) electrons. The molecule has 7 heteroatoms. The monoisotopic (exact) mass is 281 g/mol. The highest BCUT2D eigenvalue weighted by molar-refractivity contribution is 5.85. The van der Waals surface area contributed by atoms with Crippen molar-refractivity contribution in [2.45, 2.75) is 6.54 Å². The van der Waals surface area contributed by atoms with Crippen molar-refractivity contribution in [3.05, 3.63) is 46.9 Å². The summed E-state index contributed by atoms with van der Waals surface area (Å²) < 4.78 is 1.05. The summed E-state index contributed by atoms with van der Waals surface area (Å²) in [7, 11) is 0. The summed E-state index contributed by atoms with van der Waals surface area (Å²) in [6.45, 7) is -0.471. The van der Waals surface area contributed by atoms with E-state index in [4.69, 9.17) is 10.8 Å².